The summed E-state index contributed by atoms with van der Waals surface area (Å²) in [5, 5.41) is 2.66. The van der Waals surface area contributed by atoms with Crippen LogP contribution in [0.4, 0.5) is 0 Å². The third kappa shape index (κ3) is 6.33. The van der Waals surface area contributed by atoms with Gasteiger partial charge in [-0.2, -0.15) is 0 Å². The highest BCUT2D eigenvalue weighted by Gasteiger charge is 2.33. The number of hydrogen-bond acceptors (Lipinski definition) is 7. The summed E-state index contributed by atoms with van der Waals surface area (Å²) in [5.74, 6) is 0.905. The minimum Gasteiger partial charge on any atom is -0.496 e. The van der Waals surface area contributed by atoms with Crippen LogP contribution < -0.4 is 14.2 Å². The summed E-state index contributed by atoms with van der Waals surface area (Å²) in [5.41, 5.74) is 4.68. The number of hydrogen-bond donors (Lipinski definition) is 2. The lowest BCUT2D eigenvalue weighted by molar-refractivity contribution is -0.00745. The molecule has 6 rings (SSSR count). The van der Waals surface area contributed by atoms with E-state index in [1.165, 1.54) is 0 Å². The quantitative estimate of drug-likeness (QED) is 0.273. The van der Waals surface area contributed by atoms with Crippen molar-refractivity contribution >= 4 is 37.6 Å². The van der Waals surface area contributed by atoms with Crippen LogP contribution in [0.15, 0.2) is 60.8 Å². The fourth-order valence-corrected chi connectivity index (χ4v) is 7.00. The van der Waals surface area contributed by atoms with Crippen LogP contribution in [0.3, 0.4) is 0 Å². The summed E-state index contributed by atoms with van der Waals surface area (Å²) in [6.07, 6.45) is 10.6. The number of carbonyl (C=O) groups excluding carboxylic acids is 1. The predicted octanol–water partition coefficient (Wildman–Crippen LogP) is 5.78. The Balaban J connectivity index is 1.48. The van der Waals surface area contributed by atoms with Crippen LogP contribution >= 0.6 is 0 Å². The monoisotopic (exact) mass is 617 g/mol. The van der Waals surface area contributed by atoms with Crippen LogP contribution in [-0.4, -0.2) is 63.4 Å². The first-order chi connectivity index (χ1) is 21.2. The number of ether oxygens (including phenoxy) is 3. The molecule has 1 aromatic heterocycles. The second kappa shape index (κ2) is 12.6. The summed E-state index contributed by atoms with van der Waals surface area (Å²) in [7, 11) is -2.03. The third-order valence-corrected chi connectivity index (χ3v) is 9.20. The number of methoxy groups -OCH3 is 1. The average molecular weight is 618 g/mol. The van der Waals surface area contributed by atoms with Crippen LogP contribution in [0.2, 0.25) is 0 Å². The molecule has 0 spiro atoms. The molecule has 0 aliphatic carbocycles. The Kier molecular flexibility index (Phi) is 8.66. The van der Waals surface area contributed by atoms with E-state index in [-0.39, 0.29) is 12.1 Å². The Morgan fingerprint density at radius 2 is 1.98 bits per heavy atom. The van der Waals surface area contributed by atoms with Crippen molar-refractivity contribution in [3.8, 4) is 11.5 Å². The maximum atomic E-state index is 13.1. The first-order valence-electron chi connectivity index (χ1n) is 15.1. The normalized spacial score (nSPS) is 20.5. The predicted molar refractivity (Wildman–Crippen MR) is 172 cm³/mol. The molecule has 0 unspecified atom stereocenters. The van der Waals surface area contributed by atoms with Crippen molar-refractivity contribution in [2.75, 3.05) is 33.1 Å². The summed E-state index contributed by atoms with van der Waals surface area (Å²) in [6, 6.07) is 13.5. The van der Waals surface area contributed by atoms with Gasteiger partial charge >= 0.3 is 0 Å². The average Bonchev–Trinajstić information content (AvgIpc) is 3.49. The molecule has 4 aromatic rings. The molecular weight excluding hydrogens is 578 g/mol. The molecule has 44 heavy (non-hydrogen) atoms. The Hall–Kier alpha value is -3.86. The third-order valence-electron chi connectivity index (χ3n) is 8.64. The lowest BCUT2D eigenvalue weighted by Crippen LogP contribution is -2.39. The summed E-state index contributed by atoms with van der Waals surface area (Å²) >= 11 is 0. The van der Waals surface area contributed by atoms with Crippen molar-refractivity contribution in [2.24, 2.45) is 0 Å². The molecule has 232 valence electrons. The lowest BCUT2D eigenvalue weighted by Gasteiger charge is -2.40. The van der Waals surface area contributed by atoms with Crippen molar-refractivity contribution in [1.29, 1.82) is 0 Å². The number of amides is 1. The number of likely N-dealkylation sites (tertiary alicyclic amines) is 1. The number of aryl methyl sites for hydroxylation is 1. The number of aromatic nitrogens is 1. The highest BCUT2D eigenvalue weighted by molar-refractivity contribution is 7.89. The number of piperidine rings is 1. The van der Waals surface area contributed by atoms with Gasteiger partial charge in [-0.3, -0.25) is 9.69 Å². The van der Waals surface area contributed by atoms with E-state index in [0.717, 1.165) is 77.2 Å². The number of benzene rings is 3. The largest absolute Gasteiger partial charge is 0.496 e. The van der Waals surface area contributed by atoms with Gasteiger partial charge in [-0.15, -0.1) is 0 Å². The van der Waals surface area contributed by atoms with Gasteiger partial charge in [0, 0.05) is 47.4 Å². The first kappa shape index (κ1) is 30.2. The number of fused-ring (bicyclic) bond motifs is 5. The number of nitrogens with zero attached hydrogens (tertiary/aromatic N) is 1. The minimum atomic E-state index is -3.74. The van der Waals surface area contributed by atoms with E-state index in [0.29, 0.717) is 36.5 Å². The van der Waals surface area contributed by atoms with Gasteiger partial charge in [-0.1, -0.05) is 18.2 Å². The van der Waals surface area contributed by atoms with Gasteiger partial charge in [-0.05, 0) is 90.9 Å². The molecule has 1 saturated heterocycles. The first-order valence-corrected chi connectivity index (χ1v) is 17.0. The topological polar surface area (TPSA) is 110 Å². The Morgan fingerprint density at radius 1 is 1.11 bits per heavy atom. The van der Waals surface area contributed by atoms with Gasteiger partial charge in [0.1, 0.15) is 11.5 Å². The van der Waals surface area contributed by atoms with E-state index in [1.807, 2.05) is 30.5 Å². The van der Waals surface area contributed by atoms with Crippen molar-refractivity contribution in [3.05, 3.63) is 83.1 Å². The molecule has 4 bridgehead atoms. The van der Waals surface area contributed by atoms with Gasteiger partial charge in [0.05, 0.1) is 32.7 Å². The summed E-state index contributed by atoms with van der Waals surface area (Å²) in [6.45, 7) is 4.65. The lowest BCUT2D eigenvalue weighted by atomic mass is 9.87. The molecule has 0 saturated carbocycles. The van der Waals surface area contributed by atoms with Crippen LogP contribution in [0.1, 0.15) is 58.8 Å². The highest BCUT2D eigenvalue weighted by atomic mass is 32.2. The zero-order chi connectivity index (χ0) is 30.8. The molecule has 1 amide bonds. The number of H-pyrrole nitrogens is 1. The zero-order valence-electron chi connectivity index (χ0n) is 25.4. The number of carbonyl (C=O) groups is 1. The van der Waals surface area contributed by atoms with E-state index in [2.05, 4.69) is 45.8 Å². The van der Waals surface area contributed by atoms with Crippen LogP contribution in [0.5, 0.6) is 11.5 Å². The second-order valence-electron chi connectivity index (χ2n) is 11.7. The van der Waals surface area contributed by atoms with E-state index >= 15 is 0 Å². The molecule has 9 nitrogen and oxygen atoms in total. The van der Waals surface area contributed by atoms with E-state index in [4.69, 9.17) is 14.2 Å². The number of aromatic amines is 1. The summed E-state index contributed by atoms with van der Waals surface area (Å²) in [4.78, 5) is 19.0. The Morgan fingerprint density at radius 3 is 2.80 bits per heavy atom. The Bertz CT molecular complexity index is 1830. The van der Waals surface area contributed by atoms with E-state index < -0.39 is 15.9 Å². The van der Waals surface area contributed by atoms with Gasteiger partial charge in [0.25, 0.3) is 5.91 Å². The SMILES string of the molecule is COc1cc(C)c2[nH]ccc2c1CN1CC[C@H]2C[C@H]1c1ccc(C(=O)NS(C)(=O)=O)c3ccc(cc13)OCCC/C=C/CO2. The maximum absolute atomic E-state index is 13.1. The van der Waals surface area contributed by atoms with Crippen molar-refractivity contribution in [3.63, 3.8) is 0 Å². The van der Waals surface area contributed by atoms with E-state index in [9.17, 15) is 13.2 Å². The van der Waals surface area contributed by atoms with Crippen LogP contribution in [0, 0.1) is 6.92 Å². The number of nitrogens with one attached hydrogen (secondary N) is 2. The molecule has 10 heteroatoms. The van der Waals surface area contributed by atoms with Crippen molar-refractivity contribution in [2.45, 2.75) is 51.3 Å². The number of rotatable bonds is 5. The van der Waals surface area contributed by atoms with E-state index in [1.54, 1.807) is 13.2 Å². The molecule has 2 aliphatic heterocycles. The van der Waals surface area contributed by atoms with Crippen LogP contribution in [0.25, 0.3) is 21.7 Å². The standard InChI is InChI=1S/C34H39N3O6S/c1-22-18-32(41-2)30(27-12-14-35-33(22)27)21-37-15-13-24-20-31(37)26-10-11-28(34(38)36-44(3,39)40)25-9-8-23(19-29(25)26)42-16-6-4-5-7-17-43-24/h5,7-12,14,18-19,24,31,35H,4,6,13,15-17,20-21H2,1-3H3,(H,36,38)/b7-5+/t24-,31-/m0/s1. The zero-order valence-corrected chi connectivity index (χ0v) is 26.2. The smallest absolute Gasteiger partial charge is 0.265 e. The van der Waals surface area contributed by atoms with Crippen LogP contribution in [-0.2, 0) is 21.3 Å². The van der Waals surface area contributed by atoms with Crippen molar-refractivity contribution in [1.82, 2.24) is 14.6 Å². The molecule has 0 radical (unpaired) electrons. The fraction of sp³-hybridized carbons (Fsp3) is 0.382. The molecule has 2 atom stereocenters. The van der Waals surface area contributed by atoms with Crippen molar-refractivity contribution < 1.29 is 27.4 Å². The molecule has 2 N–H and O–H groups in total. The molecule has 3 aromatic carbocycles. The molecule has 2 aliphatic rings. The molecule has 3 heterocycles. The minimum absolute atomic E-state index is 0.0485. The second-order valence-corrected chi connectivity index (χ2v) is 13.4. The van der Waals surface area contributed by atoms with Gasteiger partial charge < -0.3 is 19.2 Å². The molecular formula is C34H39N3O6S. The Labute approximate surface area is 258 Å². The highest BCUT2D eigenvalue weighted by Crippen LogP contribution is 2.41. The molecule has 1 fully saturated rings. The number of sulfonamides is 1. The van der Waals surface area contributed by atoms with Gasteiger partial charge in [-0.25, -0.2) is 13.1 Å². The fourth-order valence-electron chi connectivity index (χ4n) is 6.55. The number of allylic oxidation sites excluding steroid dienone is 1. The van der Waals surface area contributed by atoms with Gasteiger partial charge in [0.2, 0.25) is 10.0 Å². The van der Waals surface area contributed by atoms with Gasteiger partial charge in [0.15, 0.2) is 0 Å². The summed E-state index contributed by atoms with van der Waals surface area (Å²) < 4.78 is 44.4. The maximum Gasteiger partial charge on any atom is 0.265 e.